The second kappa shape index (κ2) is 165. The molecule has 0 saturated carbocycles. The fraction of sp³-hybridized carbons (Fsp3) is 1.00. The van der Waals surface area contributed by atoms with Gasteiger partial charge in [0.1, 0.15) is 0 Å². The highest BCUT2D eigenvalue weighted by Gasteiger charge is 1.87. The summed E-state index contributed by atoms with van der Waals surface area (Å²) in [6.07, 6.45) is 47.9. The molecule has 0 aromatic rings. The van der Waals surface area contributed by atoms with Crippen LogP contribution in [0.5, 0.6) is 0 Å². The fourth-order valence-electron chi connectivity index (χ4n) is 5.41. The molecule has 0 spiro atoms. The van der Waals surface area contributed by atoms with Crippen LogP contribution in [0.3, 0.4) is 0 Å². The largest absolute Gasteiger partial charge is 0.385 e. The number of hydrogen-bond donors (Lipinski definition) is 0. The van der Waals surface area contributed by atoms with E-state index >= 15 is 0 Å². The van der Waals surface area contributed by atoms with E-state index in [0.29, 0.717) is 13.2 Å². The maximum absolute atomic E-state index is 4.92. The van der Waals surface area contributed by atoms with Crippen molar-refractivity contribution in [3.8, 4) is 0 Å². The van der Waals surface area contributed by atoms with Crippen molar-refractivity contribution in [2.45, 2.75) is 342 Å². The molecule has 0 aliphatic heterocycles. The van der Waals surface area contributed by atoms with Gasteiger partial charge >= 0.3 is 0 Å². The second-order valence-electron chi connectivity index (χ2n) is 19.9. The Hall–Kier alpha value is -0.400. The van der Waals surface area contributed by atoms with Crippen LogP contribution in [0.1, 0.15) is 342 Å². The van der Waals surface area contributed by atoms with Crippen molar-refractivity contribution < 1.29 is 47.4 Å². The molecule has 0 N–H and O–H groups in total. The molecule has 10 nitrogen and oxygen atoms in total. The quantitative estimate of drug-likeness (QED) is 0.0550. The van der Waals surface area contributed by atoms with E-state index in [-0.39, 0.29) is 0 Å². The zero-order chi connectivity index (χ0) is 65.6. The van der Waals surface area contributed by atoms with Crippen molar-refractivity contribution in [2.24, 2.45) is 0 Å². The summed E-state index contributed by atoms with van der Waals surface area (Å²) in [4.78, 5) is 0. The van der Waals surface area contributed by atoms with Gasteiger partial charge in [0.2, 0.25) is 0 Å². The third kappa shape index (κ3) is 271. The number of unbranched alkanes of at least 4 members (excludes halogenated alkanes) is 25. The Morgan fingerprint density at radius 1 is 0.122 bits per heavy atom. The van der Waals surface area contributed by atoms with Crippen molar-refractivity contribution in [2.75, 3.05) is 137 Å². The van der Waals surface area contributed by atoms with Crippen LogP contribution in [0.4, 0.5) is 0 Å². The summed E-state index contributed by atoms with van der Waals surface area (Å²) in [6.45, 7) is 43.5. The Morgan fingerprint density at radius 2 is 0.293 bits per heavy atom. The average Bonchev–Trinajstić information content (AvgIpc) is 3.50. The highest BCUT2D eigenvalue weighted by Crippen LogP contribution is 2.04. The molecule has 0 saturated heterocycles. The van der Waals surface area contributed by atoms with Crippen LogP contribution in [0, 0.1) is 0 Å². The Balaban J connectivity index is -0.0000000575. The van der Waals surface area contributed by atoms with Crippen LogP contribution in [0.25, 0.3) is 0 Å². The van der Waals surface area contributed by atoms with Gasteiger partial charge in [-0.05, 0) is 45.4 Å². The smallest absolute Gasteiger partial charge is 0.0696 e. The van der Waals surface area contributed by atoms with Crippen molar-refractivity contribution >= 4 is 0 Å². The molecule has 0 rings (SSSR count). The third-order valence-corrected chi connectivity index (χ3v) is 11.0. The number of methoxy groups -OCH3 is 10. The normalized spacial score (nSPS) is 9.15. The molecular formula is C72H170O10. The first-order valence-electron chi connectivity index (χ1n) is 34.8. The summed E-state index contributed by atoms with van der Waals surface area (Å²) in [5.74, 6) is 0. The predicted molar refractivity (Wildman–Crippen MR) is 376 cm³/mol. The summed E-state index contributed by atoms with van der Waals surface area (Å²) in [5.41, 5.74) is 0. The van der Waals surface area contributed by atoms with Gasteiger partial charge in [-0.15, -0.1) is 0 Å². The van der Waals surface area contributed by atoms with Crippen LogP contribution < -0.4 is 0 Å². The van der Waals surface area contributed by atoms with Crippen molar-refractivity contribution in [3.63, 3.8) is 0 Å². The minimum absolute atomic E-state index is 0.691. The first-order valence-corrected chi connectivity index (χ1v) is 34.8. The van der Waals surface area contributed by atoms with Gasteiger partial charge in [0, 0.05) is 124 Å². The Labute approximate surface area is 524 Å². The van der Waals surface area contributed by atoms with E-state index in [9.17, 15) is 0 Å². The topological polar surface area (TPSA) is 92.3 Å². The highest BCUT2D eigenvalue weighted by atomic mass is 16.5. The molecular weight excluding hydrogens is 1020 g/mol. The van der Waals surface area contributed by atoms with E-state index < -0.39 is 0 Å². The highest BCUT2D eigenvalue weighted by molar-refractivity contribution is 4.41. The number of rotatable bonds is 43. The van der Waals surface area contributed by atoms with Gasteiger partial charge in [0.25, 0.3) is 0 Å². The summed E-state index contributed by atoms with van der Waals surface area (Å²) in [6, 6.07) is 0. The monoisotopic (exact) mass is 1200 g/mol. The molecule has 0 heterocycles. The molecule has 0 unspecified atom stereocenters. The molecule has 0 aromatic carbocycles. The third-order valence-electron chi connectivity index (χ3n) is 11.0. The van der Waals surface area contributed by atoms with Gasteiger partial charge in [-0.25, -0.2) is 0 Å². The van der Waals surface area contributed by atoms with Crippen LogP contribution in [0.2, 0.25) is 0 Å². The van der Waals surface area contributed by atoms with E-state index in [1.807, 2.05) is 6.92 Å². The minimum Gasteiger partial charge on any atom is -0.385 e. The lowest BCUT2D eigenvalue weighted by Gasteiger charge is -1.97. The van der Waals surface area contributed by atoms with Gasteiger partial charge in [-0.3, -0.25) is 0 Å². The van der Waals surface area contributed by atoms with Gasteiger partial charge < -0.3 is 47.4 Å². The number of hydrogen-bond acceptors (Lipinski definition) is 10. The Morgan fingerprint density at radius 3 is 0.463 bits per heavy atom. The SMILES string of the molecule is CCCC.CCCCC.CCCCCC.CCCCCCC.CCCCCCCC.CCCCCCCOC.CCCCCCOC.CCCCCOC.CCCCOC.CCCOC.CCOC.COCCCOC.COCCOC. The van der Waals surface area contributed by atoms with E-state index in [1.54, 1.807) is 71.1 Å². The summed E-state index contributed by atoms with van der Waals surface area (Å²) >= 11 is 0. The fourth-order valence-corrected chi connectivity index (χ4v) is 5.41. The van der Waals surface area contributed by atoms with E-state index in [2.05, 4.69) is 118 Å². The standard InChI is InChI=1S/C8H18O.C8H18.C7H16O.C7H16.C6H14O.C6H14.C5H12O2.C5H12O.C5H12.C4H10O2.C4H10O.C4H10.C3H8O/c1-3-4-5-6-7-8-9-2;1-3-5-7-8-6-4-2;1-3-4-5-6-7-8-2;1-3-5-7-6-4-2;1-3-4-5-6-7-2;1-3-5-6-4-2;1-6-4-3-5-7-2;1-3-4-5-6-2;1-3-5-4-2;1-5-3-4-6-2;1-3-4-5-2;2*1-3-4-2/h3-8H2,1-2H3;3-8H2,1-2H3;3-7H2,1-2H3;3-7H2,1-2H3;3-6H2,1-2H3;3-6H2,1-2H3;3-5H2,1-2H3;3-5H2,1-2H3;3-5H2,1-2H3;3-4H2,1-2H3;3-4H2,1-2H3;3-4H2,1-2H3;3H2,1-2H3. The maximum Gasteiger partial charge on any atom is 0.0696 e. The second-order valence-corrected chi connectivity index (χ2v) is 19.9. The maximum atomic E-state index is 4.92. The van der Waals surface area contributed by atoms with Crippen molar-refractivity contribution in [3.05, 3.63) is 0 Å². The summed E-state index contributed by atoms with van der Waals surface area (Å²) in [7, 11) is 17.1. The lowest BCUT2D eigenvalue weighted by Crippen LogP contribution is -1.96. The molecule has 0 fully saturated rings. The zero-order valence-electron chi connectivity index (χ0n) is 62.6. The summed E-state index contributed by atoms with van der Waals surface area (Å²) in [5, 5.41) is 0. The molecule has 82 heavy (non-hydrogen) atoms. The zero-order valence-corrected chi connectivity index (χ0v) is 62.6. The summed E-state index contributed by atoms with van der Waals surface area (Å²) < 4.78 is 47.5. The van der Waals surface area contributed by atoms with Gasteiger partial charge in [0.15, 0.2) is 0 Å². The predicted octanol–water partition coefficient (Wildman–Crippen LogP) is 23.6. The van der Waals surface area contributed by atoms with E-state index in [4.69, 9.17) is 33.2 Å². The molecule has 10 heteroatoms. The molecule has 0 aliphatic rings. The van der Waals surface area contributed by atoms with Crippen LogP contribution in [-0.4, -0.2) is 137 Å². The van der Waals surface area contributed by atoms with Gasteiger partial charge in [0.05, 0.1) is 13.2 Å². The van der Waals surface area contributed by atoms with Crippen LogP contribution in [-0.2, 0) is 47.4 Å². The van der Waals surface area contributed by atoms with Gasteiger partial charge in [-0.1, -0.05) is 296 Å². The lowest BCUT2D eigenvalue weighted by molar-refractivity contribution is 0.103. The lowest BCUT2D eigenvalue weighted by atomic mass is 10.1. The first kappa shape index (κ1) is 113. The van der Waals surface area contributed by atoms with Gasteiger partial charge in [-0.2, -0.15) is 0 Å². The molecule has 0 bridgehead atoms. The van der Waals surface area contributed by atoms with Crippen molar-refractivity contribution in [1.82, 2.24) is 0 Å². The Bertz CT molecular complexity index is 579. The Kier molecular flexibility index (Phi) is 227. The van der Waals surface area contributed by atoms with Crippen LogP contribution >= 0.6 is 0 Å². The van der Waals surface area contributed by atoms with Crippen molar-refractivity contribution in [1.29, 1.82) is 0 Å². The first-order chi connectivity index (χ1) is 39.9. The molecule has 0 aliphatic carbocycles. The molecule has 0 atom stereocenters. The molecule has 0 amide bonds. The minimum atomic E-state index is 0.691. The molecule has 0 radical (unpaired) electrons. The molecule has 0 aromatic heterocycles. The van der Waals surface area contributed by atoms with E-state index in [1.165, 1.54) is 218 Å². The number of ether oxygens (including phenoxy) is 10. The van der Waals surface area contributed by atoms with Crippen LogP contribution in [0.15, 0.2) is 0 Å². The molecule has 518 valence electrons. The average molecular weight is 1200 g/mol. The van der Waals surface area contributed by atoms with E-state index in [0.717, 1.165) is 65.7 Å².